The summed E-state index contributed by atoms with van der Waals surface area (Å²) < 4.78 is 10.5. The Labute approximate surface area is 66.2 Å². The molecule has 0 aliphatic rings. The van der Waals surface area contributed by atoms with Crippen LogP contribution in [-0.2, 0) is 4.57 Å². The van der Waals surface area contributed by atoms with Gasteiger partial charge in [0.1, 0.15) is 0 Å². The van der Waals surface area contributed by atoms with Crippen molar-refractivity contribution in [2.75, 3.05) is 12.8 Å². The molecule has 0 aromatic heterocycles. The van der Waals surface area contributed by atoms with E-state index in [-0.39, 0.29) is 18.7 Å². The van der Waals surface area contributed by atoms with Gasteiger partial charge in [-0.25, -0.2) is 0 Å². The summed E-state index contributed by atoms with van der Waals surface area (Å²) in [5, 5.41) is 8.16. The number of nitriles is 1. The molecule has 0 spiro atoms. The summed E-state index contributed by atoms with van der Waals surface area (Å²) in [5.41, 5.74) is 5.16. The highest BCUT2D eigenvalue weighted by Gasteiger charge is 2.03. The lowest BCUT2D eigenvalue weighted by Gasteiger charge is -2.17. The van der Waals surface area contributed by atoms with Gasteiger partial charge in [0, 0.05) is 7.37 Å². The Balaban J connectivity index is 0. The Morgan fingerprint density at radius 1 is 1.82 bits per heavy atom. The summed E-state index contributed by atoms with van der Waals surface area (Å²) in [4.78, 5) is 10.5. The third-order valence-electron chi connectivity index (χ3n) is 1.01. The maximum atomic E-state index is 10.5. The summed E-state index contributed by atoms with van der Waals surface area (Å²) >= 11 is 0. The molecule has 0 aliphatic carbocycles. The molecule has 0 aromatic rings. The third kappa shape index (κ3) is 9.60. The van der Waals surface area contributed by atoms with Gasteiger partial charge in [0.15, 0.2) is 0 Å². The van der Waals surface area contributed by atoms with Crippen molar-refractivity contribution in [3.8, 4) is 6.07 Å². The van der Waals surface area contributed by atoms with Gasteiger partial charge >= 0.3 is 0 Å². The molecule has 0 radical (unpaired) electrons. The zero-order valence-corrected chi connectivity index (χ0v) is 7.67. The zero-order valence-electron chi connectivity index (χ0n) is 6.78. The number of hydrogen-bond acceptors (Lipinski definition) is 4. The van der Waals surface area contributed by atoms with Crippen molar-refractivity contribution in [3.05, 3.63) is 0 Å². The monoisotopic (exact) mass is 179 g/mol. The molecule has 6 heteroatoms. The molecular weight excluding hydrogens is 165 g/mol. The molecule has 2 unspecified atom stereocenters. The molecule has 0 aliphatic heterocycles. The first-order valence-corrected chi connectivity index (χ1v) is 5.14. The van der Waals surface area contributed by atoms with Gasteiger partial charge < -0.3 is 21.3 Å². The van der Waals surface area contributed by atoms with E-state index in [4.69, 9.17) is 11.0 Å². The van der Waals surface area contributed by atoms with E-state index >= 15 is 0 Å². The first kappa shape index (κ1) is 13.2. The van der Waals surface area contributed by atoms with E-state index in [0.29, 0.717) is 0 Å². The SMILES string of the molecule is CP(=O)([O-])CCC(N)C#N.[NH4+]. The highest BCUT2D eigenvalue weighted by Crippen LogP contribution is 2.30. The van der Waals surface area contributed by atoms with Gasteiger partial charge in [-0.3, -0.25) is 0 Å². The Morgan fingerprint density at radius 2 is 2.27 bits per heavy atom. The average molecular weight is 179 g/mol. The fourth-order valence-electron chi connectivity index (χ4n) is 0.438. The molecule has 0 amide bonds. The van der Waals surface area contributed by atoms with Gasteiger partial charge in [0.2, 0.25) is 0 Å². The number of nitrogens with zero attached hydrogens (tertiary/aromatic N) is 1. The fraction of sp³-hybridized carbons (Fsp3) is 0.800. The van der Waals surface area contributed by atoms with Crippen molar-refractivity contribution in [1.29, 1.82) is 5.26 Å². The van der Waals surface area contributed by atoms with Crippen molar-refractivity contribution in [2.24, 2.45) is 5.73 Å². The van der Waals surface area contributed by atoms with Gasteiger partial charge in [-0.2, -0.15) is 5.26 Å². The van der Waals surface area contributed by atoms with Gasteiger partial charge in [-0.1, -0.05) is 0 Å². The molecule has 66 valence electrons. The van der Waals surface area contributed by atoms with E-state index in [1.165, 1.54) is 0 Å². The van der Waals surface area contributed by atoms with Crippen LogP contribution in [0.5, 0.6) is 0 Å². The summed E-state index contributed by atoms with van der Waals surface area (Å²) in [7, 11) is -3.21. The standard InChI is InChI=1S/C5H11N2O2P.H3N/c1-10(8,9)3-2-5(7)4-6;/h5H,2-3,7H2,1H3,(H,8,9);1H3. The second kappa shape index (κ2) is 5.28. The predicted octanol–water partition coefficient (Wildman–Crippen LogP) is -0.128. The molecule has 0 heterocycles. The van der Waals surface area contributed by atoms with E-state index < -0.39 is 13.4 Å². The van der Waals surface area contributed by atoms with Crippen LogP contribution in [0.25, 0.3) is 0 Å². The van der Waals surface area contributed by atoms with Crippen molar-refractivity contribution >= 4 is 7.37 Å². The van der Waals surface area contributed by atoms with Crippen molar-refractivity contribution in [3.63, 3.8) is 0 Å². The topological polar surface area (TPSA) is 126 Å². The van der Waals surface area contributed by atoms with Crippen LogP contribution in [-0.4, -0.2) is 18.9 Å². The minimum Gasteiger partial charge on any atom is -0.799 e. The van der Waals surface area contributed by atoms with Crippen LogP contribution in [0, 0.1) is 11.3 Å². The maximum Gasteiger partial charge on any atom is 0.0932 e. The average Bonchev–Trinajstić information content (AvgIpc) is 1.81. The van der Waals surface area contributed by atoms with Crippen LogP contribution in [0.2, 0.25) is 0 Å². The van der Waals surface area contributed by atoms with E-state index in [0.717, 1.165) is 6.66 Å². The van der Waals surface area contributed by atoms with Gasteiger partial charge in [-0.05, 0) is 19.2 Å². The summed E-state index contributed by atoms with van der Waals surface area (Å²) in [6, 6.07) is 1.10. The molecule has 0 saturated carbocycles. The molecule has 0 fully saturated rings. The summed E-state index contributed by atoms with van der Waals surface area (Å²) in [6.45, 7) is 1.15. The van der Waals surface area contributed by atoms with E-state index in [9.17, 15) is 9.46 Å². The lowest BCUT2D eigenvalue weighted by atomic mass is 10.3. The second-order valence-corrected chi connectivity index (χ2v) is 4.74. The van der Waals surface area contributed by atoms with Crippen LogP contribution in [0.3, 0.4) is 0 Å². The van der Waals surface area contributed by atoms with Gasteiger partial charge in [0.25, 0.3) is 0 Å². The Morgan fingerprint density at radius 3 is 2.55 bits per heavy atom. The quantitative estimate of drug-likeness (QED) is 0.585. The van der Waals surface area contributed by atoms with Crippen LogP contribution in [0.1, 0.15) is 6.42 Å². The Hall–Kier alpha value is -0.400. The molecule has 0 saturated heterocycles. The maximum absolute atomic E-state index is 10.5. The van der Waals surface area contributed by atoms with Crippen LogP contribution >= 0.6 is 7.37 Å². The van der Waals surface area contributed by atoms with Crippen LogP contribution < -0.4 is 16.8 Å². The smallest absolute Gasteiger partial charge is 0.0932 e. The van der Waals surface area contributed by atoms with Gasteiger partial charge in [-0.15, -0.1) is 0 Å². The number of hydrogen-bond donors (Lipinski definition) is 2. The molecule has 11 heavy (non-hydrogen) atoms. The molecule has 0 rings (SSSR count). The zero-order chi connectivity index (χ0) is 8.20. The first-order chi connectivity index (χ1) is 4.45. The minimum atomic E-state index is -3.21. The Kier molecular flexibility index (Phi) is 6.34. The summed E-state index contributed by atoms with van der Waals surface area (Å²) in [5.74, 6) is 0. The predicted molar refractivity (Wildman–Crippen MR) is 42.6 cm³/mol. The third-order valence-corrected chi connectivity index (χ3v) is 2.08. The lowest BCUT2D eigenvalue weighted by molar-refractivity contribution is -0.173. The molecule has 6 N–H and O–H groups in total. The largest absolute Gasteiger partial charge is 0.799 e. The highest BCUT2D eigenvalue weighted by atomic mass is 31.2. The number of quaternary nitrogens is 1. The lowest BCUT2D eigenvalue weighted by Crippen LogP contribution is -2.20. The van der Waals surface area contributed by atoms with Crippen molar-refractivity contribution < 1.29 is 9.46 Å². The molecular formula is C5H14N3O2P. The Bertz CT molecular complexity index is 183. The second-order valence-electron chi connectivity index (χ2n) is 2.26. The molecule has 0 aromatic carbocycles. The van der Waals surface area contributed by atoms with Crippen molar-refractivity contribution in [2.45, 2.75) is 12.5 Å². The summed E-state index contributed by atoms with van der Waals surface area (Å²) in [6.07, 6.45) is 0.246. The van der Waals surface area contributed by atoms with Gasteiger partial charge in [0.05, 0.1) is 12.1 Å². The normalized spacial score (nSPS) is 17.3. The van der Waals surface area contributed by atoms with E-state index in [1.807, 2.05) is 0 Å². The molecule has 0 bridgehead atoms. The molecule has 5 nitrogen and oxygen atoms in total. The minimum absolute atomic E-state index is 0. The fourth-order valence-corrected chi connectivity index (χ4v) is 1.19. The van der Waals surface area contributed by atoms with E-state index in [1.54, 1.807) is 6.07 Å². The molecule has 2 atom stereocenters. The number of nitrogens with two attached hydrogens (primary N) is 1. The van der Waals surface area contributed by atoms with E-state index in [2.05, 4.69) is 0 Å². The van der Waals surface area contributed by atoms with Crippen molar-refractivity contribution in [1.82, 2.24) is 6.15 Å². The van der Waals surface area contributed by atoms with Crippen LogP contribution in [0.15, 0.2) is 0 Å². The van der Waals surface area contributed by atoms with Crippen LogP contribution in [0.4, 0.5) is 0 Å². The highest BCUT2D eigenvalue weighted by molar-refractivity contribution is 7.55. The first-order valence-electron chi connectivity index (χ1n) is 2.88. The number of rotatable bonds is 3.